The molecule has 2 atom stereocenters. The Morgan fingerprint density at radius 1 is 1.57 bits per heavy atom. The van der Waals surface area contributed by atoms with Gasteiger partial charge < -0.3 is 5.73 Å². The van der Waals surface area contributed by atoms with E-state index in [0.717, 1.165) is 12.0 Å². The fourth-order valence-electron chi connectivity index (χ4n) is 1.80. The van der Waals surface area contributed by atoms with E-state index in [1.807, 2.05) is 12.1 Å². The van der Waals surface area contributed by atoms with Crippen molar-refractivity contribution in [2.45, 2.75) is 25.3 Å². The summed E-state index contributed by atoms with van der Waals surface area (Å²) in [6, 6.07) is 5.52. The number of nitrogens with zero attached hydrogens (tertiary/aromatic N) is 1. The Hall–Kier alpha value is -1.42. The van der Waals surface area contributed by atoms with E-state index in [-0.39, 0.29) is 22.6 Å². The molecule has 1 aromatic carbocycles. The molecule has 14 heavy (non-hydrogen) atoms. The summed E-state index contributed by atoms with van der Waals surface area (Å²) in [5, 5.41) is 10.8. The topological polar surface area (TPSA) is 69.2 Å². The van der Waals surface area contributed by atoms with Crippen LogP contribution in [0.5, 0.6) is 0 Å². The number of hydrogen-bond donors (Lipinski definition) is 1. The zero-order chi connectivity index (χ0) is 10.3. The highest BCUT2D eigenvalue weighted by molar-refractivity contribution is 5.51. The monoisotopic (exact) mass is 192 g/mol. The normalized spacial score (nSPS) is 24.7. The maximum absolute atomic E-state index is 10.8. The van der Waals surface area contributed by atoms with Crippen LogP contribution in [0.2, 0.25) is 0 Å². The molecule has 0 unspecified atom stereocenters. The van der Waals surface area contributed by atoms with Crippen molar-refractivity contribution in [2.75, 3.05) is 0 Å². The Labute approximate surface area is 81.9 Å². The van der Waals surface area contributed by atoms with Gasteiger partial charge in [0.05, 0.1) is 4.92 Å². The van der Waals surface area contributed by atoms with Crippen LogP contribution in [-0.4, -0.2) is 11.0 Å². The standard InChI is InChI=1S/C10H12N2O2/c1-6-3-2-4-7(8-5-9(8)11)10(6)12(13)14/h2-4,8-9H,5,11H2,1H3/t8-,9+/m0/s1. The van der Waals surface area contributed by atoms with Gasteiger partial charge in [-0.15, -0.1) is 0 Å². The SMILES string of the molecule is Cc1cccc([C@@H]2C[C@H]2N)c1[N+](=O)[O-]. The summed E-state index contributed by atoms with van der Waals surface area (Å²) in [7, 11) is 0. The lowest BCUT2D eigenvalue weighted by molar-refractivity contribution is -0.386. The molecule has 0 aromatic heterocycles. The average molecular weight is 192 g/mol. The fourth-order valence-corrected chi connectivity index (χ4v) is 1.80. The molecular formula is C10H12N2O2. The molecule has 1 aromatic rings. The minimum absolute atomic E-state index is 0.107. The third-order valence-electron chi connectivity index (χ3n) is 2.69. The maximum atomic E-state index is 10.8. The summed E-state index contributed by atoms with van der Waals surface area (Å²) in [5.41, 5.74) is 7.44. The van der Waals surface area contributed by atoms with Gasteiger partial charge in [0, 0.05) is 23.1 Å². The number of aryl methyl sites for hydroxylation is 1. The Morgan fingerprint density at radius 3 is 2.71 bits per heavy atom. The average Bonchev–Trinajstić information content (AvgIpc) is 2.81. The van der Waals surface area contributed by atoms with Crippen molar-refractivity contribution in [1.29, 1.82) is 0 Å². The molecule has 0 heterocycles. The van der Waals surface area contributed by atoms with E-state index >= 15 is 0 Å². The molecule has 2 rings (SSSR count). The molecule has 0 amide bonds. The smallest absolute Gasteiger partial charge is 0.275 e. The lowest BCUT2D eigenvalue weighted by Crippen LogP contribution is -2.04. The van der Waals surface area contributed by atoms with Crippen LogP contribution in [0.3, 0.4) is 0 Å². The van der Waals surface area contributed by atoms with Crippen LogP contribution < -0.4 is 5.73 Å². The first-order valence-electron chi connectivity index (χ1n) is 4.60. The minimum atomic E-state index is -0.310. The molecule has 1 fully saturated rings. The predicted octanol–water partition coefficient (Wildman–Crippen LogP) is 1.72. The number of rotatable bonds is 2. The van der Waals surface area contributed by atoms with E-state index in [4.69, 9.17) is 5.73 Å². The third kappa shape index (κ3) is 1.37. The summed E-state index contributed by atoms with van der Waals surface area (Å²) >= 11 is 0. The highest BCUT2D eigenvalue weighted by Crippen LogP contribution is 2.43. The van der Waals surface area contributed by atoms with Gasteiger partial charge in [-0.05, 0) is 13.3 Å². The van der Waals surface area contributed by atoms with Crippen LogP contribution in [0.15, 0.2) is 18.2 Å². The van der Waals surface area contributed by atoms with Gasteiger partial charge in [0.2, 0.25) is 0 Å². The van der Waals surface area contributed by atoms with Gasteiger partial charge in [0.25, 0.3) is 5.69 Å². The van der Waals surface area contributed by atoms with Crippen molar-refractivity contribution < 1.29 is 4.92 Å². The molecule has 0 spiro atoms. The molecule has 4 nitrogen and oxygen atoms in total. The second-order valence-electron chi connectivity index (χ2n) is 3.78. The molecule has 0 bridgehead atoms. The first-order chi connectivity index (χ1) is 6.61. The lowest BCUT2D eigenvalue weighted by Gasteiger charge is -2.03. The number of nitro groups is 1. The van der Waals surface area contributed by atoms with Crippen molar-refractivity contribution in [3.63, 3.8) is 0 Å². The van der Waals surface area contributed by atoms with Crippen molar-refractivity contribution in [2.24, 2.45) is 5.73 Å². The Bertz CT molecular complexity index is 390. The molecule has 1 aliphatic rings. The van der Waals surface area contributed by atoms with Gasteiger partial charge in [-0.1, -0.05) is 18.2 Å². The highest BCUT2D eigenvalue weighted by atomic mass is 16.6. The fraction of sp³-hybridized carbons (Fsp3) is 0.400. The largest absolute Gasteiger partial charge is 0.327 e. The van der Waals surface area contributed by atoms with Crippen molar-refractivity contribution in [3.05, 3.63) is 39.4 Å². The molecular weight excluding hydrogens is 180 g/mol. The Kier molecular flexibility index (Phi) is 2.00. The van der Waals surface area contributed by atoms with E-state index in [0.29, 0.717) is 5.56 Å². The van der Waals surface area contributed by atoms with E-state index in [9.17, 15) is 10.1 Å². The summed E-state index contributed by atoms with van der Waals surface area (Å²) in [6.45, 7) is 1.76. The molecule has 0 aliphatic heterocycles. The number of benzene rings is 1. The number of para-hydroxylation sites is 1. The van der Waals surface area contributed by atoms with E-state index in [1.54, 1.807) is 13.0 Å². The van der Waals surface area contributed by atoms with Crippen LogP contribution >= 0.6 is 0 Å². The van der Waals surface area contributed by atoms with Crippen molar-refractivity contribution in [3.8, 4) is 0 Å². The third-order valence-corrected chi connectivity index (χ3v) is 2.69. The molecule has 1 aliphatic carbocycles. The molecule has 4 heteroatoms. The van der Waals surface area contributed by atoms with Gasteiger partial charge in [-0.2, -0.15) is 0 Å². The quantitative estimate of drug-likeness (QED) is 0.573. The highest BCUT2D eigenvalue weighted by Gasteiger charge is 2.39. The molecule has 2 N–H and O–H groups in total. The van der Waals surface area contributed by atoms with Crippen molar-refractivity contribution in [1.82, 2.24) is 0 Å². The first kappa shape index (κ1) is 9.15. The van der Waals surface area contributed by atoms with Crippen LogP contribution in [0.25, 0.3) is 0 Å². The first-order valence-corrected chi connectivity index (χ1v) is 4.60. The van der Waals surface area contributed by atoms with Crippen LogP contribution in [-0.2, 0) is 0 Å². The summed E-state index contributed by atoms with van der Waals surface area (Å²) in [6.07, 6.45) is 0.865. The van der Waals surface area contributed by atoms with Crippen LogP contribution in [0, 0.1) is 17.0 Å². The molecule has 0 radical (unpaired) electrons. The lowest BCUT2D eigenvalue weighted by atomic mass is 10.0. The van der Waals surface area contributed by atoms with Gasteiger partial charge in [-0.3, -0.25) is 10.1 Å². The molecule has 74 valence electrons. The van der Waals surface area contributed by atoms with Crippen LogP contribution in [0.4, 0.5) is 5.69 Å². The maximum Gasteiger partial charge on any atom is 0.275 e. The zero-order valence-electron chi connectivity index (χ0n) is 7.93. The Morgan fingerprint density at radius 2 is 2.21 bits per heavy atom. The summed E-state index contributed by atoms with van der Waals surface area (Å²) < 4.78 is 0. The van der Waals surface area contributed by atoms with Crippen LogP contribution in [0.1, 0.15) is 23.5 Å². The van der Waals surface area contributed by atoms with Gasteiger partial charge in [0.15, 0.2) is 0 Å². The second-order valence-corrected chi connectivity index (χ2v) is 3.78. The van der Waals surface area contributed by atoms with Gasteiger partial charge in [-0.25, -0.2) is 0 Å². The Balaban J connectivity index is 2.48. The predicted molar refractivity (Wildman–Crippen MR) is 53.2 cm³/mol. The zero-order valence-corrected chi connectivity index (χ0v) is 7.93. The van der Waals surface area contributed by atoms with Gasteiger partial charge >= 0.3 is 0 Å². The summed E-state index contributed by atoms with van der Waals surface area (Å²) in [4.78, 5) is 10.5. The molecule has 0 saturated heterocycles. The van der Waals surface area contributed by atoms with E-state index < -0.39 is 0 Å². The summed E-state index contributed by atoms with van der Waals surface area (Å²) in [5.74, 6) is 0.190. The van der Waals surface area contributed by atoms with E-state index in [1.165, 1.54) is 0 Å². The minimum Gasteiger partial charge on any atom is -0.327 e. The van der Waals surface area contributed by atoms with Crippen molar-refractivity contribution >= 4 is 5.69 Å². The molecule has 1 saturated carbocycles. The van der Waals surface area contributed by atoms with E-state index in [2.05, 4.69) is 0 Å². The van der Waals surface area contributed by atoms with Gasteiger partial charge in [0.1, 0.15) is 0 Å². The second kappa shape index (κ2) is 3.06. The number of hydrogen-bond acceptors (Lipinski definition) is 3. The number of nitrogens with two attached hydrogens (primary N) is 1. The number of nitro benzene ring substituents is 1.